The fraction of sp³-hybridized carbons (Fsp3) is 0.538. The van der Waals surface area contributed by atoms with Gasteiger partial charge in [-0.2, -0.15) is 5.26 Å². The monoisotopic (exact) mass is 233 g/mol. The van der Waals surface area contributed by atoms with Crippen LogP contribution in [0.25, 0.3) is 0 Å². The Kier molecular flexibility index (Phi) is 4.92. The van der Waals surface area contributed by atoms with Crippen LogP contribution in [0, 0.1) is 17.2 Å². The summed E-state index contributed by atoms with van der Waals surface area (Å²) in [5.74, 6) is 0.826. The van der Waals surface area contributed by atoms with Crippen molar-refractivity contribution in [3.8, 4) is 6.07 Å². The molecule has 1 aromatic heterocycles. The molecule has 1 rings (SSSR count). The first-order valence-electron chi connectivity index (χ1n) is 5.87. The molecule has 4 heteroatoms. The molecule has 0 aliphatic carbocycles. The van der Waals surface area contributed by atoms with Gasteiger partial charge in [-0.05, 0) is 32.4 Å². The number of nitrogens with zero attached hydrogens (tertiary/aromatic N) is 3. The van der Waals surface area contributed by atoms with Crippen molar-refractivity contribution in [2.24, 2.45) is 5.92 Å². The zero-order valence-corrected chi connectivity index (χ0v) is 10.6. The molecule has 1 unspecified atom stereocenters. The van der Waals surface area contributed by atoms with Crippen molar-refractivity contribution in [1.29, 1.82) is 5.26 Å². The number of aliphatic hydroxyl groups excluding tert-OH is 1. The molecule has 0 amide bonds. The van der Waals surface area contributed by atoms with Crippen LogP contribution in [0.2, 0.25) is 0 Å². The summed E-state index contributed by atoms with van der Waals surface area (Å²) in [6, 6.07) is 5.97. The molecule has 0 fully saturated rings. The molecule has 0 saturated carbocycles. The Labute approximate surface area is 103 Å². The van der Waals surface area contributed by atoms with Gasteiger partial charge in [0.25, 0.3) is 0 Å². The molecule has 1 N–H and O–H groups in total. The Morgan fingerprint density at radius 3 is 2.59 bits per heavy atom. The minimum atomic E-state index is -0.496. The maximum Gasteiger partial charge on any atom is 0.128 e. The first-order valence-corrected chi connectivity index (χ1v) is 5.87. The summed E-state index contributed by atoms with van der Waals surface area (Å²) in [6.07, 6.45) is 1.18. The third-order valence-corrected chi connectivity index (χ3v) is 2.67. The second-order valence-electron chi connectivity index (χ2n) is 4.19. The van der Waals surface area contributed by atoms with Crippen molar-refractivity contribution in [2.45, 2.75) is 26.9 Å². The normalized spacial score (nSPS) is 13.8. The Hall–Kier alpha value is -1.60. The van der Waals surface area contributed by atoms with Gasteiger partial charge in [-0.3, -0.25) is 0 Å². The zero-order valence-electron chi connectivity index (χ0n) is 10.6. The first-order chi connectivity index (χ1) is 8.08. The topological polar surface area (TPSA) is 60.2 Å². The van der Waals surface area contributed by atoms with E-state index < -0.39 is 6.10 Å². The third-order valence-electron chi connectivity index (χ3n) is 2.67. The average Bonchev–Trinajstić information content (AvgIpc) is 2.35. The largest absolute Gasteiger partial charge is 0.389 e. The highest BCUT2D eigenvalue weighted by Crippen LogP contribution is 2.16. The van der Waals surface area contributed by atoms with Gasteiger partial charge in [0, 0.05) is 19.3 Å². The van der Waals surface area contributed by atoms with Crippen molar-refractivity contribution in [1.82, 2.24) is 4.98 Å². The summed E-state index contributed by atoms with van der Waals surface area (Å²) in [5, 5.41) is 18.2. The number of rotatable bonds is 5. The fourth-order valence-corrected chi connectivity index (χ4v) is 1.59. The average molecular weight is 233 g/mol. The second-order valence-corrected chi connectivity index (χ2v) is 4.19. The molecule has 0 radical (unpaired) electrons. The number of nitriles is 1. The highest BCUT2D eigenvalue weighted by atomic mass is 16.3. The summed E-state index contributed by atoms with van der Waals surface area (Å²) in [4.78, 5) is 6.37. The molecule has 0 spiro atoms. The molecule has 0 bridgehead atoms. The van der Waals surface area contributed by atoms with Crippen molar-refractivity contribution < 1.29 is 5.11 Å². The van der Waals surface area contributed by atoms with Crippen molar-refractivity contribution >= 4 is 5.82 Å². The van der Waals surface area contributed by atoms with E-state index in [1.54, 1.807) is 13.1 Å². The summed E-state index contributed by atoms with van der Waals surface area (Å²) in [7, 11) is 0. The lowest BCUT2D eigenvalue weighted by Crippen LogP contribution is -2.28. The number of hydrogen-bond donors (Lipinski definition) is 1. The summed E-state index contributed by atoms with van der Waals surface area (Å²) in [5.41, 5.74) is 0.804. The lowest BCUT2D eigenvalue weighted by molar-refractivity contribution is 0.199. The molecule has 0 aromatic carbocycles. The highest BCUT2D eigenvalue weighted by molar-refractivity contribution is 5.39. The van der Waals surface area contributed by atoms with Crippen LogP contribution < -0.4 is 4.90 Å². The molecule has 4 nitrogen and oxygen atoms in total. The van der Waals surface area contributed by atoms with Crippen LogP contribution in [-0.2, 0) is 0 Å². The quantitative estimate of drug-likeness (QED) is 0.846. The Bertz CT molecular complexity index is 381. The zero-order chi connectivity index (χ0) is 12.8. The van der Waals surface area contributed by atoms with Gasteiger partial charge in [0.2, 0.25) is 0 Å². The van der Waals surface area contributed by atoms with Gasteiger partial charge in [-0.25, -0.2) is 4.98 Å². The minimum absolute atomic E-state index is 0.0202. The molecular weight excluding hydrogens is 214 g/mol. The number of aromatic nitrogens is 1. The maximum absolute atomic E-state index is 9.40. The van der Waals surface area contributed by atoms with Crippen LogP contribution in [0.1, 0.15) is 32.4 Å². The molecule has 0 aliphatic heterocycles. The molecule has 2 atom stereocenters. The Morgan fingerprint density at radius 1 is 1.47 bits per heavy atom. The van der Waals surface area contributed by atoms with Gasteiger partial charge in [0.1, 0.15) is 5.82 Å². The number of pyridine rings is 1. The molecular formula is C13H19N3O. The van der Waals surface area contributed by atoms with Gasteiger partial charge in [-0.15, -0.1) is 0 Å². The van der Waals surface area contributed by atoms with Crippen molar-refractivity contribution in [3.05, 3.63) is 23.9 Å². The standard InChI is InChI=1S/C13H19N3O/c1-4-16(9-10(2)7-14)13-6-5-12(8-15-13)11(3)17/h5-6,8,10-11,17H,4,9H2,1-3H3/t10?,11-/m0/s1. The minimum Gasteiger partial charge on any atom is -0.389 e. The summed E-state index contributed by atoms with van der Waals surface area (Å²) < 4.78 is 0. The van der Waals surface area contributed by atoms with Crippen LogP contribution in [0.3, 0.4) is 0 Å². The van der Waals surface area contributed by atoms with Crippen LogP contribution in [0.5, 0.6) is 0 Å². The summed E-state index contributed by atoms with van der Waals surface area (Å²) in [6.45, 7) is 7.13. The van der Waals surface area contributed by atoms with E-state index in [0.717, 1.165) is 17.9 Å². The first kappa shape index (κ1) is 13.5. The van der Waals surface area contributed by atoms with E-state index in [1.165, 1.54) is 0 Å². The second kappa shape index (κ2) is 6.21. The SMILES string of the molecule is CCN(CC(C)C#N)c1ccc([C@H](C)O)cn1. The van der Waals surface area contributed by atoms with E-state index in [0.29, 0.717) is 6.54 Å². The molecule has 1 heterocycles. The van der Waals surface area contributed by atoms with Gasteiger partial charge in [0.05, 0.1) is 18.1 Å². The predicted molar refractivity (Wildman–Crippen MR) is 67.5 cm³/mol. The predicted octanol–water partition coefficient (Wildman–Crippen LogP) is 2.12. The van der Waals surface area contributed by atoms with Crippen LogP contribution >= 0.6 is 0 Å². The lowest BCUT2D eigenvalue weighted by Gasteiger charge is -2.23. The van der Waals surface area contributed by atoms with Gasteiger partial charge in [0.15, 0.2) is 0 Å². The molecule has 17 heavy (non-hydrogen) atoms. The van der Waals surface area contributed by atoms with Crippen LogP contribution in [0.4, 0.5) is 5.82 Å². The van der Waals surface area contributed by atoms with E-state index in [1.807, 2.05) is 26.0 Å². The van der Waals surface area contributed by atoms with E-state index >= 15 is 0 Å². The number of aliphatic hydroxyl groups is 1. The number of anilines is 1. The van der Waals surface area contributed by atoms with Crippen LogP contribution in [0.15, 0.2) is 18.3 Å². The number of hydrogen-bond acceptors (Lipinski definition) is 4. The molecule has 1 aromatic rings. The molecule has 0 aliphatic rings. The molecule has 92 valence electrons. The highest BCUT2D eigenvalue weighted by Gasteiger charge is 2.10. The summed E-state index contributed by atoms with van der Waals surface area (Å²) >= 11 is 0. The third kappa shape index (κ3) is 3.72. The van der Waals surface area contributed by atoms with E-state index in [4.69, 9.17) is 5.26 Å². The van der Waals surface area contributed by atoms with E-state index in [9.17, 15) is 5.11 Å². The van der Waals surface area contributed by atoms with Gasteiger partial charge >= 0.3 is 0 Å². The Balaban J connectivity index is 2.79. The van der Waals surface area contributed by atoms with Gasteiger partial charge < -0.3 is 10.0 Å². The van der Waals surface area contributed by atoms with Crippen molar-refractivity contribution in [2.75, 3.05) is 18.0 Å². The smallest absolute Gasteiger partial charge is 0.128 e. The lowest BCUT2D eigenvalue weighted by atomic mass is 10.1. The fourth-order valence-electron chi connectivity index (χ4n) is 1.59. The maximum atomic E-state index is 9.40. The Morgan fingerprint density at radius 2 is 2.18 bits per heavy atom. The van der Waals surface area contributed by atoms with Gasteiger partial charge in [-0.1, -0.05) is 6.07 Å². The van der Waals surface area contributed by atoms with E-state index in [2.05, 4.69) is 16.0 Å². The van der Waals surface area contributed by atoms with Crippen molar-refractivity contribution in [3.63, 3.8) is 0 Å². The van der Waals surface area contributed by atoms with E-state index in [-0.39, 0.29) is 5.92 Å². The van der Waals surface area contributed by atoms with Crippen LogP contribution in [-0.4, -0.2) is 23.2 Å². The molecule has 0 saturated heterocycles.